The fraction of sp³-hybridized carbons (Fsp3) is 0.286. The standard InChI is InChI=1S/C14H15NO3/c1-3-10-5-7-11(8-6-10)12(9-15)13(16)14(17)18-4-2/h5-8,16H,3-4H2,1-2H3/b13-12+. The van der Waals surface area contributed by atoms with Crippen LogP contribution in [0, 0.1) is 11.3 Å². The van der Waals surface area contributed by atoms with Gasteiger partial charge in [0, 0.05) is 0 Å². The maximum Gasteiger partial charge on any atom is 0.374 e. The van der Waals surface area contributed by atoms with E-state index in [0.29, 0.717) is 5.56 Å². The third kappa shape index (κ3) is 3.11. The van der Waals surface area contributed by atoms with Crippen LogP contribution in [0.2, 0.25) is 0 Å². The number of esters is 1. The van der Waals surface area contributed by atoms with E-state index in [1.165, 1.54) is 0 Å². The molecule has 18 heavy (non-hydrogen) atoms. The molecule has 0 aliphatic rings. The van der Waals surface area contributed by atoms with Gasteiger partial charge in [0.2, 0.25) is 5.76 Å². The first kappa shape index (κ1) is 13.8. The molecule has 1 N–H and O–H groups in total. The Balaban J connectivity index is 3.12. The first-order valence-electron chi connectivity index (χ1n) is 5.73. The highest BCUT2D eigenvalue weighted by molar-refractivity contribution is 5.98. The van der Waals surface area contributed by atoms with Gasteiger partial charge in [-0.25, -0.2) is 4.79 Å². The zero-order valence-corrected chi connectivity index (χ0v) is 10.4. The average molecular weight is 245 g/mol. The van der Waals surface area contributed by atoms with Gasteiger partial charge in [0.05, 0.1) is 6.61 Å². The van der Waals surface area contributed by atoms with E-state index >= 15 is 0 Å². The molecule has 0 heterocycles. The number of ether oxygens (including phenoxy) is 1. The number of benzene rings is 1. The van der Waals surface area contributed by atoms with E-state index < -0.39 is 11.7 Å². The Kier molecular flexibility index (Phi) is 4.94. The van der Waals surface area contributed by atoms with Crippen LogP contribution >= 0.6 is 0 Å². The minimum absolute atomic E-state index is 0.0731. The van der Waals surface area contributed by atoms with E-state index in [4.69, 9.17) is 5.26 Å². The number of rotatable bonds is 4. The third-order valence-electron chi connectivity index (χ3n) is 2.47. The molecule has 1 aromatic carbocycles. The van der Waals surface area contributed by atoms with Crippen molar-refractivity contribution in [2.24, 2.45) is 0 Å². The normalized spacial score (nSPS) is 11.4. The Morgan fingerprint density at radius 3 is 2.39 bits per heavy atom. The Morgan fingerprint density at radius 1 is 1.33 bits per heavy atom. The molecule has 0 aliphatic heterocycles. The van der Waals surface area contributed by atoms with Gasteiger partial charge >= 0.3 is 5.97 Å². The molecule has 0 radical (unpaired) electrons. The first-order valence-corrected chi connectivity index (χ1v) is 5.73. The van der Waals surface area contributed by atoms with Crippen LogP contribution in [0.3, 0.4) is 0 Å². The molecule has 0 amide bonds. The minimum Gasteiger partial charge on any atom is -0.501 e. The third-order valence-corrected chi connectivity index (χ3v) is 2.47. The summed E-state index contributed by atoms with van der Waals surface area (Å²) in [5, 5.41) is 18.7. The summed E-state index contributed by atoms with van der Waals surface area (Å²) >= 11 is 0. The van der Waals surface area contributed by atoms with Gasteiger partial charge in [-0.2, -0.15) is 5.26 Å². The van der Waals surface area contributed by atoms with E-state index in [9.17, 15) is 9.90 Å². The molecule has 0 fully saturated rings. The summed E-state index contributed by atoms with van der Waals surface area (Å²) in [5.41, 5.74) is 1.54. The van der Waals surface area contributed by atoms with Crippen LogP contribution in [-0.2, 0) is 16.0 Å². The molecule has 1 rings (SSSR count). The highest BCUT2D eigenvalue weighted by Crippen LogP contribution is 2.18. The Labute approximate surface area is 106 Å². The van der Waals surface area contributed by atoms with Gasteiger partial charge in [-0.15, -0.1) is 0 Å². The molecule has 4 nitrogen and oxygen atoms in total. The number of allylic oxidation sites excluding steroid dienone is 1. The van der Waals surface area contributed by atoms with Crippen molar-refractivity contribution >= 4 is 11.5 Å². The van der Waals surface area contributed by atoms with E-state index in [0.717, 1.165) is 12.0 Å². The summed E-state index contributed by atoms with van der Waals surface area (Å²) in [4.78, 5) is 11.4. The van der Waals surface area contributed by atoms with E-state index in [-0.39, 0.29) is 12.2 Å². The molecular formula is C14H15NO3. The first-order chi connectivity index (χ1) is 8.63. The SMILES string of the molecule is CCOC(=O)/C(O)=C(/C#N)c1ccc(CC)cc1. The fourth-order valence-corrected chi connectivity index (χ4v) is 1.46. The fourth-order valence-electron chi connectivity index (χ4n) is 1.46. The zero-order valence-electron chi connectivity index (χ0n) is 10.4. The molecule has 1 aromatic rings. The van der Waals surface area contributed by atoms with Crippen LogP contribution < -0.4 is 0 Å². The molecule has 4 heteroatoms. The van der Waals surface area contributed by atoms with Gasteiger partial charge in [-0.05, 0) is 24.5 Å². The summed E-state index contributed by atoms with van der Waals surface area (Å²) in [6.07, 6.45) is 0.885. The Hall–Kier alpha value is -2.28. The molecule has 0 atom stereocenters. The Morgan fingerprint density at radius 2 is 1.94 bits per heavy atom. The van der Waals surface area contributed by atoms with Crippen LogP contribution in [-0.4, -0.2) is 17.7 Å². The summed E-state index contributed by atoms with van der Waals surface area (Å²) < 4.78 is 4.65. The molecule has 0 aromatic heterocycles. The summed E-state index contributed by atoms with van der Waals surface area (Å²) in [5.74, 6) is -1.53. The number of carbonyl (C=O) groups excluding carboxylic acids is 1. The predicted molar refractivity (Wildman–Crippen MR) is 67.6 cm³/mol. The van der Waals surface area contributed by atoms with Crippen LogP contribution in [0.15, 0.2) is 30.0 Å². The number of aryl methyl sites for hydroxylation is 1. The van der Waals surface area contributed by atoms with Crippen molar-refractivity contribution in [2.75, 3.05) is 6.61 Å². The number of nitrogens with zero attached hydrogens (tertiary/aromatic N) is 1. The van der Waals surface area contributed by atoms with Crippen LogP contribution in [0.4, 0.5) is 0 Å². The van der Waals surface area contributed by atoms with Crippen molar-refractivity contribution in [1.29, 1.82) is 5.26 Å². The van der Waals surface area contributed by atoms with Crippen molar-refractivity contribution in [1.82, 2.24) is 0 Å². The van der Waals surface area contributed by atoms with Gasteiger partial charge < -0.3 is 9.84 Å². The summed E-state index contributed by atoms with van der Waals surface area (Å²) in [7, 11) is 0. The second kappa shape index (κ2) is 6.45. The monoisotopic (exact) mass is 245 g/mol. The number of hydrogen-bond acceptors (Lipinski definition) is 4. The molecule has 0 saturated heterocycles. The van der Waals surface area contributed by atoms with Crippen molar-refractivity contribution in [3.8, 4) is 6.07 Å². The second-order valence-electron chi connectivity index (χ2n) is 3.61. The van der Waals surface area contributed by atoms with Crippen molar-refractivity contribution < 1.29 is 14.6 Å². The maximum atomic E-state index is 11.4. The largest absolute Gasteiger partial charge is 0.501 e. The lowest BCUT2D eigenvalue weighted by Crippen LogP contribution is -2.09. The Bertz CT molecular complexity index is 495. The van der Waals surface area contributed by atoms with E-state index in [2.05, 4.69) is 4.74 Å². The highest BCUT2D eigenvalue weighted by Gasteiger charge is 2.16. The second-order valence-corrected chi connectivity index (χ2v) is 3.61. The summed E-state index contributed by atoms with van der Waals surface area (Å²) in [6, 6.07) is 8.93. The summed E-state index contributed by atoms with van der Waals surface area (Å²) in [6.45, 7) is 3.80. The molecule has 94 valence electrons. The average Bonchev–Trinajstić information content (AvgIpc) is 2.40. The molecule has 0 spiro atoms. The lowest BCUT2D eigenvalue weighted by atomic mass is 10.0. The highest BCUT2D eigenvalue weighted by atomic mass is 16.5. The number of nitriles is 1. The van der Waals surface area contributed by atoms with Gasteiger partial charge in [-0.1, -0.05) is 31.2 Å². The van der Waals surface area contributed by atoms with Gasteiger partial charge in [0.1, 0.15) is 11.6 Å². The van der Waals surface area contributed by atoms with Gasteiger partial charge in [-0.3, -0.25) is 0 Å². The number of carbonyl (C=O) groups is 1. The number of hydrogen-bond donors (Lipinski definition) is 1. The number of aliphatic hydroxyl groups is 1. The quantitative estimate of drug-likeness (QED) is 0.383. The molecule has 0 bridgehead atoms. The molecular weight excluding hydrogens is 230 g/mol. The predicted octanol–water partition coefficient (Wildman–Crippen LogP) is 2.60. The topological polar surface area (TPSA) is 70.3 Å². The van der Waals surface area contributed by atoms with E-state index in [1.807, 2.05) is 25.1 Å². The van der Waals surface area contributed by atoms with Gasteiger partial charge in [0.15, 0.2) is 0 Å². The van der Waals surface area contributed by atoms with Crippen molar-refractivity contribution in [2.45, 2.75) is 20.3 Å². The van der Waals surface area contributed by atoms with Crippen molar-refractivity contribution in [3.05, 3.63) is 41.2 Å². The lowest BCUT2D eigenvalue weighted by molar-refractivity contribution is -0.141. The number of aliphatic hydroxyl groups excluding tert-OH is 1. The molecule has 0 saturated carbocycles. The lowest BCUT2D eigenvalue weighted by Gasteiger charge is -2.05. The smallest absolute Gasteiger partial charge is 0.374 e. The minimum atomic E-state index is -0.881. The molecule has 0 aliphatic carbocycles. The zero-order chi connectivity index (χ0) is 13.5. The maximum absolute atomic E-state index is 11.4. The molecule has 0 unspecified atom stereocenters. The van der Waals surface area contributed by atoms with Gasteiger partial charge in [0.25, 0.3) is 0 Å². The van der Waals surface area contributed by atoms with Crippen LogP contribution in [0.5, 0.6) is 0 Å². The van der Waals surface area contributed by atoms with Crippen molar-refractivity contribution in [3.63, 3.8) is 0 Å². The van der Waals surface area contributed by atoms with E-state index in [1.54, 1.807) is 19.1 Å². The van der Waals surface area contributed by atoms with Crippen LogP contribution in [0.1, 0.15) is 25.0 Å². The van der Waals surface area contributed by atoms with Crippen LogP contribution in [0.25, 0.3) is 5.57 Å².